The number of carbonyl (C=O) groups is 1. The highest BCUT2D eigenvalue weighted by atomic mass is 79.9. The zero-order valence-electron chi connectivity index (χ0n) is 27.3. The molecule has 2 aliphatic rings. The number of para-hydroxylation sites is 1. The normalized spacial score (nSPS) is 16.6. The van der Waals surface area contributed by atoms with Crippen molar-refractivity contribution in [2.24, 2.45) is 4.99 Å². The number of esters is 1. The molecule has 2 aromatic carbocycles. The van der Waals surface area contributed by atoms with E-state index < -0.39 is 12.0 Å². The lowest BCUT2D eigenvalue weighted by Gasteiger charge is -2.30. The van der Waals surface area contributed by atoms with Crippen molar-refractivity contribution in [2.45, 2.75) is 33.7 Å². The summed E-state index contributed by atoms with van der Waals surface area (Å²) < 4.78 is 27.6. The fraction of sp³-hybridized carbons (Fsp3) is 0.343. The molecule has 6 rings (SSSR count). The lowest BCUT2D eigenvalue weighted by atomic mass is 9.94. The third-order valence-electron chi connectivity index (χ3n) is 8.54. The van der Waals surface area contributed by atoms with Crippen LogP contribution in [0.3, 0.4) is 0 Å². The highest BCUT2D eigenvalue weighted by Gasteiger charge is 2.36. The van der Waals surface area contributed by atoms with Crippen LogP contribution in [0.1, 0.15) is 42.4 Å². The molecular weight excluding hydrogens is 684 g/mol. The minimum absolute atomic E-state index is 0.185. The van der Waals surface area contributed by atoms with E-state index in [1.165, 1.54) is 18.4 Å². The monoisotopic (exact) mass is 720 g/mol. The number of hydrogen-bond acceptors (Lipinski definition) is 9. The van der Waals surface area contributed by atoms with Crippen molar-refractivity contribution in [2.75, 3.05) is 52.0 Å². The van der Waals surface area contributed by atoms with Gasteiger partial charge in [0, 0.05) is 40.2 Å². The molecule has 10 nitrogen and oxygen atoms in total. The van der Waals surface area contributed by atoms with Gasteiger partial charge in [0.25, 0.3) is 5.56 Å². The summed E-state index contributed by atoms with van der Waals surface area (Å²) in [7, 11) is 3.09. The van der Waals surface area contributed by atoms with Gasteiger partial charge < -0.3 is 28.4 Å². The van der Waals surface area contributed by atoms with Crippen LogP contribution in [-0.4, -0.2) is 62.2 Å². The van der Waals surface area contributed by atoms with Gasteiger partial charge >= 0.3 is 5.97 Å². The molecule has 0 bridgehead atoms. The van der Waals surface area contributed by atoms with E-state index in [9.17, 15) is 9.59 Å². The van der Waals surface area contributed by atoms with Crippen molar-refractivity contribution >= 4 is 45.0 Å². The maximum Gasteiger partial charge on any atom is 0.338 e. The maximum atomic E-state index is 14.3. The number of methoxy groups -OCH3 is 2. The zero-order chi connectivity index (χ0) is 33.4. The number of allylic oxidation sites excluding steroid dienone is 1. The summed E-state index contributed by atoms with van der Waals surface area (Å²) in [5, 5.41) is 0. The Morgan fingerprint density at radius 1 is 1.11 bits per heavy atom. The van der Waals surface area contributed by atoms with Crippen LogP contribution in [0.4, 0.5) is 5.69 Å². The number of nitrogens with zero attached hydrogens (tertiary/aromatic N) is 4. The van der Waals surface area contributed by atoms with Gasteiger partial charge in [-0.05, 0) is 85.6 Å². The Bertz CT molecular complexity index is 2070. The van der Waals surface area contributed by atoms with Gasteiger partial charge in [-0.25, -0.2) is 9.79 Å². The molecule has 0 radical (unpaired) electrons. The Morgan fingerprint density at radius 3 is 2.55 bits per heavy atom. The van der Waals surface area contributed by atoms with Crippen LogP contribution in [0.15, 0.2) is 68.0 Å². The van der Waals surface area contributed by atoms with Gasteiger partial charge in [-0.2, -0.15) is 0 Å². The Labute approximate surface area is 285 Å². The van der Waals surface area contributed by atoms with Crippen molar-refractivity contribution in [1.29, 1.82) is 0 Å². The summed E-state index contributed by atoms with van der Waals surface area (Å²) >= 11 is 5.08. The molecule has 1 atom stereocenters. The lowest BCUT2D eigenvalue weighted by Crippen LogP contribution is -2.40. The number of aromatic nitrogens is 2. The highest BCUT2D eigenvalue weighted by Crippen LogP contribution is 2.40. The largest absolute Gasteiger partial charge is 0.493 e. The van der Waals surface area contributed by atoms with E-state index in [0.29, 0.717) is 32.1 Å². The van der Waals surface area contributed by atoms with E-state index >= 15 is 0 Å². The molecule has 2 aliphatic heterocycles. The number of carbonyl (C=O) groups excluding carboxylic acids is 1. The fourth-order valence-electron chi connectivity index (χ4n) is 6.38. The molecule has 246 valence electrons. The second kappa shape index (κ2) is 13.5. The number of fused-ring (bicyclic) bond motifs is 1. The lowest BCUT2D eigenvalue weighted by molar-refractivity contribution is -0.139. The molecule has 0 aliphatic carbocycles. The molecular formula is C35H37BrN4O6S. The first-order chi connectivity index (χ1) is 22.7. The van der Waals surface area contributed by atoms with E-state index in [1.807, 2.05) is 25.1 Å². The van der Waals surface area contributed by atoms with Crippen molar-refractivity contribution < 1.29 is 23.7 Å². The maximum absolute atomic E-state index is 14.3. The Morgan fingerprint density at radius 2 is 1.87 bits per heavy atom. The summed E-state index contributed by atoms with van der Waals surface area (Å²) in [6, 6.07) is 13.1. The topological polar surface area (TPSA) is 96.5 Å². The number of ether oxygens (including phenoxy) is 4. The summed E-state index contributed by atoms with van der Waals surface area (Å²) in [5.41, 5.74) is 6.20. The summed E-state index contributed by atoms with van der Waals surface area (Å²) in [6.07, 6.45) is 1.91. The highest BCUT2D eigenvalue weighted by molar-refractivity contribution is 9.10. The number of thiazole rings is 1. The Kier molecular flexibility index (Phi) is 9.45. The molecule has 0 N–H and O–H groups in total. The van der Waals surface area contributed by atoms with Crippen molar-refractivity contribution in [3.05, 3.63) is 100 Å². The van der Waals surface area contributed by atoms with Gasteiger partial charge in [0.1, 0.15) is 6.04 Å². The first-order valence-corrected chi connectivity index (χ1v) is 17.0. The number of rotatable bonds is 8. The number of halogens is 1. The Hall–Kier alpha value is -4.13. The van der Waals surface area contributed by atoms with E-state index in [4.69, 9.17) is 23.9 Å². The number of benzene rings is 2. The summed E-state index contributed by atoms with van der Waals surface area (Å²) in [5.74, 6) is 0.384. The van der Waals surface area contributed by atoms with Crippen LogP contribution in [-0.2, 0) is 14.3 Å². The molecule has 4 heterocycles. The van der Waals surface area contributed by atoms with E-state index in [1.54, 1.807) is 31.6 Å². The fourth-order valence-corrected chi connectivity index (χ4v) is 8.04. The van der Waals surface area contributed by atoms with Crippen LogP contribution in [0.2, 0.25) is 0 Å². The van der Waals surface area contributed by atoms with Crippen LogP contribution in [0, 0.1) is 13.8 Å². The van der Waals surface area contributed by atoms with Gasteiger partial charge in [-0.15, -0.1) is 0 Å². The predicted molar refractivity (Wildman–Crippen MR) is 186 cm³/mol. The second-order valence-corrected chi connectivity index (χ2v) is 13.1. The second-order valence-electron chi connectivity index (χ2n) is 11.3. The average Bonchev–Trinajstić information content (AvgIpc) is 3.52. The minimum Gasteiger partial charge on any atom is -0.493 e. The van der Waals surface area contributed by atoms with Gasteiger partial charge in [0.15, 0.2) is 16.3 Å². The molecule has 0 unspecified atom stereocenters. The summed E-state index contributed by atoms with van der Waals surface area (Å²) in [4.78, 5) is 35.2. The van der Waals surface area contributed by atoms with Crippen LogP contribution < -0.4 is 29.3 Å². The molecule has 0 amide bonds. The number of aryl methyl sites for hydroxylation is 1. The molecule has 0 spiro atoms. The van der Waals surface area contributed by atoms with E-state index in [0.717, 1.165) is 59.1 Å². The quantitative estimate of drug-likeness (QED) is 0.241. The molecule has 4 aromatic rings. The van der Waals surface area contributed by atoms with Crippen molar-refractivity contribution in [3.63, 3.8) is 0 Å². The van der Waals surface area contributed by atoms with Gasteiger partial charge in [0.2, 0.25) is 0 Å². The van der Waals surface area contributed by atoms with E-state index in [-0.39, 0.29) is 17.7 Å². The third kappa shape index (κ3) is 5.94. The molecule has 2 aromatic heterocycles. The van der Waals surface area contributed by atoms with Crippen LogP contribution in [0.5, 0.6) is 11.5 Å². The van der Waals surface area contributed by atoms with Crippen molar-refractivity contribution in [1.82, 2.24) is 9.13 Å². The SMILES string of the molecule is CCOC(=O)C1=C(C)N=c2s/c(=C\c3cc(C)n(-c4ccc(N5CCOCC5)c(Br)c4)c3C)c(=O)n2[C@@H]1c1cccc(OC)c1OC. The molecule has 1 fully saturated rings. The van der Waals surface area contributed by atoms with Crippen LogP contribution >= 0.6 is 27.3 Å². The van der Waals surface area contributed by atoms with Crippen LogP contribution in [0.25, 0.3) is 11.8 Å². The number of morpholine rings is 1. The van der Waals surface area contributed by atoms with Gasteiger partial charge in [-0.1, -0.05) is 23.5 Å². The average molecular weight is 722 g/mol. The van der Waals surface area contributed by atoms with Gasteiger partial charge in [-0.3, -0.25) is 9.36 Å². The number of hydrogen-bond donors (Lipinski definition) is 0. The smallest absolute Gasteiger partial charge is 0.338 e. The first-order valence-electron chi connectivity index (χ1n) is 15.4. The number of anilines is 1. The first kappa shape index (κ1) is 32.8. The van der Waals surface area contributed by atoms with Crippen molar-refractivity contribution in [3.8, 4) is 17.2 Å². The zero-order valence-corrected chi connectivity index (χ0v) is 29.7. The molecule has 12 heteroatoms. The summed E-state index contributed by atoms with van der Waals surface area (Å²) in [6.45, 7) is 10.9. The van der Waals surface area contributed by atoms with E-state index in [2.05, 4.69) is 56.6 Å². The Balaban J connectivity index is 1.47. The molecule has 47 heavy (non-hydrogen) atoms. The third-order valence-corrected chi connectivity index (χ3v) is 10.2. The predicted octanol–water partition coefficient (Wildman–Crippen LogP) is 4.82. The molecule has 1 saturated heterocycles. The standard InChI is InChI=1S/C35H37BrN4O6S/c1-7-46-34(42)30-21(3)37-35-40(31(30)25-9-8-10-28(43-5)32(25)44-6)33(41)29(47-35)18-23-17-20(2)39(22(23)4)24-11-12-27(26(36)19-24)38-13-15-45-16-14-38/h8-12,17-19,31H,7,13-16H2,1-6H3/b29-18-/t31-/m1/s1. The molecule has 0 saturated carbocycles. The van der Waals surface area contributed by atoms with Gasteiger partial charge in [0.05, 0.1) is 55.5 Å². The minimum atomic E-state index is -0.827.